The maximum atomic E-state index is 10.9. The Kier molecular flexibility index (Phi) is 3.46. The molecule has 0 aliphatic carbocycles. The van der Waals surface area contributed by atoms with Crippen molar-refractivity contribution in [3.05, 3.63) is 47.3 Å². The zero-order valence-corrected chi connectivity index (χ0v) is 11.1. The zero-order valence-electron chi connectivity index (χ0n) is 11.1. The summed E-state index contributed by atoms with van der Waals surface area (Å²) in [6.45, 7) is 4.03. The van der Waals surface area contributed by atoms with Crippen LogP contribution in [-0.4, -0.2) is 28.1 Å². The summed E-state index contributed by atoms with van der Waals surface area (Å²) in [6, 6.07) is 7.46. The van der Waals surface area contributed by atoms with Gasteiger partial charge in [0.2, 0.25) is 5.95 Å². The van der Waals surface area contributed by atoms with Crippen LogP contribution in [0.4, 0.5) is 11.6 Å². The summed E-state index contributed by atoms with van der Waals surface area (Å²) in [7, 11) is 1.81. The first-order valence-electron chi connectivity index (χ1n) is 5.86. The molecule has 98 valence electrons. The lowest BCUT2D eigenvalue weighted by Crippen LogP contribution is -2.15. The minimum absolute atomic E-state index is 0.0128. The van der Waals surface area contributed by atoms with Crippen molar-refractivity contribution in [2.75, 3.05) is 11.9 Å². The number of hydrogen-bond donors (Lipinski definition) is 1. The van der Waals surface area contributed by atoms with E-state index < -0.39 is 5.97 Å². The summed E-state index contributed by atoms with van der Waals surface area (Å²) in [5.41, 5.74) is 3.19. The van der Waals surface area contributed by atoms with Crippen LogP contribution in [0.1, 0.15) is 21.6 Å². The van der Waals surface area contributed by atoms with Crippen molar-refractivity contribution < 1.29 is 9.90 Å². The second kappa shape index (κ2) is 5.06. The maximum Gasteiger partial charge on any atom is 0.354 e. The Bertz CT molecular complexity index is 606. The van der Waals surface area contributed by atoms with Gasteiger partial charge in [-0.05, 0) is 43.2 Å². The minimum atomic E-state index is -1.06. The van der Waals surface area contributed by atoms with Crippen LogP contribution in [-0.2, 0) is 0 Å². The maximum absolute atomic E-state index is 10.9. The molecule has 0 fully saturated rings. The molecule has 19 heavy (non-hydrogen) atoms. The van der Waals surface area contributed by atoms with Gasteiger partial charge in [0.1, 0.15) is 0 Å². The third-order valence-corrected chi connectivity index (χ3v) is 2.76. The number of aryl methyl sites for hydroxylation is 2. The Balaban J connectivity index is 2.40. The largest absolute Gasteiger partial charge is 0.477 e. The van der Waals surface area contributed by atoms with Crippen molar-refractivity contribution in [2.24, 2.45) is 0 Å². The molecular formula is C14H15N3O2. The van der Waals surface area contributed by atoms with E-state index in [1.54, 1.807) is 4.90 Å². The smallest absolute Gasteiger partial charge is 0.354 e. The molecule has 0 unspecified atom stereocenters. The quantitative estimate of drug-likeness (QED) is 0.915. The monoisotopic (exact) mass is 257 g/mol. The summed E-state index contributed by atoms with van der Waals surface area (Å²) in [5.74, 6) is -0.692. The van der Waals surface area contributed by atoms with Crippen molar-refractivity contribution in [1.82, 2.24) is 9.97 Å². The van der Waals surface area contributed by atoms with Crippen LogP contribution in [0.25, 0.3) is 0 Å². The molecule has 5 nitrogen and oxygen atoms in total. The molecule has 0 saturated heterocycles. The number of rotatable bonds is 3. The van der Waals surface area contributed by atoms with Gasteiger partial charge in [0.05, 0.1) is 0 Å². The van der Waals surface area contributed by atoms with Crippen LogP contribution < -0.4 is 4.90 Å². The average molecular weight is 257 g/mol. The topological polar surface area (TPSA) is 66.3 Å². The summed E-state index contributed by atoms with van der Waals surface area (Å²) >= 11 is 0. The highest BCUT2D eigenvalue weighted by atomic mass is 16.4. The van der Waals surface area contributed by atoms with Gasteiger partial charge in [-0.25, -0.2) is 14.8 Å². The standard InChI is InChI=1S/C14H15N3O2/c1-9-6-10(2)8-11(7-9)17(3)14-15-5-4-12(16-14)13(18)19/h4-8H,1-3H3,(H,18,19). The lowest BCUT2D eigenvalue weighted by Gasteiger charge is -2.18. The summed E-state index contributed by atoms with van der Waals surface area (Å²) in [4.78, 5) is 20.8. The molecule has 0 radical (unpaired) electrons. The van der Waals surface area contributed by atoms with E-state index >= 15 is 0 Å². The van der Waals surface area contributed by atoms with Gasteiger partial charge in [-0.15, -0.1) is 0 Å². The van der Waals surface area contributed by atoms with Crippen LogP contribution in [0.5, 0.6) is 0 Å². The molecule has 1 heterocycles. The number of hydrogen-bond acceptors (Lipinski definition) is 4. The minimum Gasteiger partial charge on any atom is -0.477 e. The Morgan fingerprint density at radius 1 is 1.21 bits per heavy atom. The first-order chi connectivity index (χ1) is 8.97. The first-order valence-corrected chi connectivity index (χ1v) is 5.86. The number of carbonyl (C=O) groups is 1. The van der Waals surface area contributed by atoms with Gasteiger partial charge in [0, 0.05) is 18.9 Å². The van der Waals surface area contributed by atoms with Gasteiger partial charge >= 0.3 is 5.97 Å². The number of aromatic carboxylic acids is 1. The molecule has 0 spiro atoms. The van der Waals surface area contributed by atoms with Gasteiger partial charge in [0.25, 0.3) is 0 Å². The van der Waals surface area contributed by atoms with E-state index in [1.807, 2.05) is 33.0 Å². The van der Waals surface area contributed by atoms with Crippen molar-refractivity contribution in [3.8, 4) is 0 Å². The van der Waals surface area contributed by atoms with E-state index in [0.29, 0.717) is 5.95 Å². The summed E-state index contributed by atoms with van der Waals surface area (Å²) < 4.78 is 0. The van der Waals surface area contributed by atoms with Crippen LogP contribution >= 0.6 is 0 Å². The zero-order chi connectivity index (χ0) is 14.0. The highest BCUT2D eigenvalue weighted by Crippen LogP contribution is 2.22. The fourth-order valence-electron chi connectivity index (χ4n) is 1.89. The SMILES string of the molecule is Cc1cc(C)cc(N(C)c2nccc(C(=O)O)n2)c1. The number of nitrogens with zero attached hydrogens (tertiary/aromatic N) is 3. The second-order valence-electron chi connectivity index (χ2n) is 4.45. The van der Waals surface area contributed by atoms with Crippen molar-refractivity contribution in [2.45, 2.75) is 13.8 Å². The summed E-state index contributed by atoms with van der Waals surface area (Å²) in [6.07, 6.45) is 1.45. The molecule has 1 N–H and O–H groups in total. The molecule has 5 heteroatoms. The molecule has 0 saturated carbocycles. The van der Waals surface area contributed by atoms with E-state index in [0.717, 1.165) is 16.8 Å². The predicted octanol–water partition coefficient (Wildman–Crippen LogP) is 2.56. The fourth-order valence-corrected chi connectivity index (χ4v) is 1.89. The van der Waals surface area contributed by atoms with Crippen molar-refractivity contribution in [3.63, 3.8) is 0 Å². The Morgan fingerprint density at radius 2 is 1.84 bits per heavy atom. The Morgan fingerprint density at radius 3 is 2.42 bits per heavy atom. The Labute approximate surface area is 111 Å². The van der Waals surface area contributed by atoms with E-state index in [9.17, 15) is 4.79 Å². The van der Waals surface area contributed by atoms with Gasteiger partial charge < -0.3 is 10.0 Å². The van der Waals surface area contributed by atoms with Crippen molar-refractivity contribution in [1.29, 1.82) is 0 Å². The fraction of sp³-hybridized carbons (Fsp3) is 0.214. The summed E-state index contributed by atoms with van der Waals surface area (Å²) in [5, 5.41) is 8.94. The molecule has 1 aromatic heterocycles. The number of carboxylic acids is 1. The van der Waals surface area contributed by atoms with Crippen LogP contribution in [0.15, 0.2) is 30.5 Å². The average Bonchev–Trinajstić information content (AvgIpc) is 2.37. The molecule has 2 aromatic rings. The predicted molar refractivity (Wildman–Crippen MR) is 73.0 cm³/mol. The highest BCUT2D eigenvalue weighted by Gasteiger charge is 2.11. The van der Waals surface area contributed by atoms with Gasteiger partial charge in [0.15, 0.2) is 5.69 Å². The van der Waals surface area contributed by atoms with Crippen LogP contribution in [0.2, 0.25) is 0 Å². The number of carboxylic acid groups (broad SMARTS) is 1. The van der Waals surface area contributed by atoms with E-state index in [2.05, 4.69) is 16.0 Å². The molecule has 0 aliphatic rings. The molecule has 2 rings (SSSR count). The lowest BCUT2D eigenvalue weighted by atomic mass is 10.1. The van der Waals surface area contributed by atoms with Gasteiger partial charge in [-0.2, -0.15) is 0 Å². The number of benzene rings is 1. The first kappa shape index (κ1) is 13.0. The van der Waals surface area contributed by atoms with Crippen LogP contribution in [0, 0.1) is 13.8 Å². The van der Waals surface area contributed by atoms with Gasteiger partial charge in [-0.1, -0.05) is 6.07 Å². The van der Waals surface area contributed by atoms with E-state index in [4.69, 9.17) is 5.11 Å². The van der Waals surface area contributed by atoms with Gasteiger partial charge in [-0.3, -0.25) is 0 Å². The third-order valence-electron chi connectivity index (χ3n) is 2.76. The Hall–Kier alpha value is -2.43. The van der Waals surface area contributed by atoms with E-state index in [-0.39, 0.29) is 5.69 Å². The molecule has 0 bridgehead atoms. The number of anilines is 2. The molecule has 0 amide bonds. The second-order valence-corrected chi connectivity index (χ2v) is 4.45. The molecule has 0 atom stereocenters. The third kappa shape index (κ3) is 2.88. The highest BCUT2D eigenvalue weighted by molar-refractivity contribution is 5.85. The lowest BCUT2D eigenvalue weighted by molar-refractivity contribution is 0.0690. The van der Waals surface area contributed by atoms with Crippen molar-refractivity contribution >= 4 is 17.6 Å². The normalized spacial score (nSPS) is 10.3. The van der Waals surface area contributed by atoms with Crippen LogP contribution in [0.3, 0.4) is 0 Å². The number of aromatic nitrogens is 2. The molecule has 1 aromatic carbocycles. The van der Waals surface area contributed by atoms with E-state index in [1.165, 1.54) is 12.3 Å². The molecule has 0 aliphatic heterocycles. The molecular weight excluding hydrogens is 242 g/mol.